The Morgan fingerprint density at radius 3 is 2.63 bits per heavy atom. The predicted octanol–water partition coefficient (Wildman–Crippen LogP) is 3.32. The molecule has 3 heterocycles. The number of hydrogen-bond donors (Lipinski definition) is 2. The Balaban J connectivity index is 1.87. The molecule has 30 heavy (non-hydrogen) atoms. The van der Waals surface area contributed by atoms with Gasteiger partial charge in [0.2, 0.25) is 0 Å². The summed E-state index contributed by atoms with van der Waals surface area (Å²) in [5.74, 6) is 0.440. The molecule has 160 valence electrons. The molecule has 0 aromatic carbocycles. The minimum Gasteiger partial charge on any atom is -0.427 e. The Kier molecular flexibility index (Phi) is 5.68. The first-order valence-electron chi connectivity index (χ1n) is 9.59. The van der Waals surface area contributed by atoms with E-state index < -0.39 is 11.8 Å². The van der Waals surface area contributed by atoms with Gasteiger partial charge in [-0.25, -0.2) is 14.6 Å². The molecule has 0 atom stereocenters. The van der Waals surface area contributed by atoms with E-state index in [0.29, 0.717) is 29.4 Å². The summed E-state index contributed by atoms with van der Waals surface area (Å²) in [6, 6.07) is 3.46. The van der Waals surface area contributed by atoms with E-state index >= 15 is 0 Å². The molecule has 0 spiro atoms. The summed E-state index contributed by atoms with van der Waals surface area (Å²) < 4.78 is 6.99. The first-order valence-corrected chi connectivity index (χ1v) is 9.59. The third-order valence-corrected chi connectivity index (χ3v) is 4.13. The molecule has 3 rings (SSSR count). The molecular weight excluding hydrogens is 388 g/mol. The zero-order chi connectivity index (χ0) is 22.1. The first-order chi connectivity index (χ1) is 14.1. The van der Waals surface area contributed by atoms with Gasteiger partial charge in [0, 0.05) is 18.3 Å². The largest absolute Gasteiger partial charge is 0.535 e. The Morgan fingerprint density at radius 1 is 1.23 bits per heavy atom. The van der Waals surface area contributed by atoms with Crippen LogP contribution in [-0.2, 0) is 4.74 Å². The normalized spacial score (nSPS) is 11.4. The number of carbonyl (C=O) groups is 2. The molecule has 10 heteroatoms. The van der Waals surface area contributed by atoms with Gasteiger partial charge in [0.25, 0.3) is 0 Å². The van der Waals surface area contributed by atoms with Gasteiger partial charge in [0.15, 0.2) is 5.82 Å². The second kappa shape index (κ2) is 8.05. The van der Waals surface area contributed by atoms with E-state index in [1.54, 1.807) is 38.3 Å². The number of carbonyl (C=O) groups excluding carboxylic acids is 2. The number of aromatic nitrogens is 4. The third-order valence-electron chi connectivity index (χ3n) is 4.13. The van der Waals surface area contributed by atoms with Crippen molar-refractivity contribution in [2.75, 3.05) is 11.9 Å². The first kappa shape index (κ1) is 21.2. The molecule has 3 aromatic heterocycles. The van der Waals surface area contributed by atoms with Crippen molar-refractivity contribution in [1.82, 2.24) is 24.6 Å². The van der Waals surface area contributed by atoms with Gasteiger partial charge in [-0.2, -0.15) is 0 Å². The molecule has 2 amide bonds. The fourth-order valence-electron chi connectivity index (χ4n) is 2.98. The van der Waals surface area contributed by atoms with Gasteiger partial charge in [-0.15, -0.1) is 5.10 Å². The average molecular weight is 414 g/mol. The number of rotatable bonds is 4. The second-order valence-corrected chi connectivity index (χ2v) is 7.77. The van der Waals surface area contributed by atoms with Gasteiger partial charge in [-0.3, -0.25) is 10.2 Å². The summed E-state index contributed by atoms with van der Waals surface area (Å²) in [7, 11) is 0. The molecule has 0 aliphatic carbocycles. The minimum absolute atomic E-state index is 0.312. The van der Waals surface area contributed by atoms with Crippen molar-refractivity contribution < 1.29 is 19.2 Å². The fourth-order valence-corrected chi connectivity index (χ4v) is 2.98. The van der Waals surface area contributed by atoms with Crippen molar-refractivity contribution >= 4 is 23.7 Å². The van der Waals surface area contributed by atoms with Crippen LogP contribution in [0.2, 0.25) is 0 Å². The number of amides is 2. The van der Waals surface area contributed by atoms with Crippen LogP contribution in [0, 0.1) is 13.8 Å². The average Bonchev–Trinajstić information content (AvgIpc) is 3.12. The van der Waals surface area contributed by atoms with Gasteiger partial charge in [-0.05, 0) is 59.2 Å². The van der Waals surface area contributed by atoms with Crippen LogP contribution in [-0.4, -0.2) is 43.7 Å². The summed E-state index contributed by atoms with van der Waals surface area (Å²) >= 11 is 0. The molecule has 0 saturated heterocycles. The van der Waals surface area contributed by atoms with Gasteiger partial charge in [0.05, 0.1) is 17.6 Å². The monoisotopic (exact) mass is 414 g/mol. The quantitative estimate of drug-likeness (QED) is 0.634. The SMILES string of the molecule is CCNC(=O)Nc1cn2ccc(-c3c(C)nn(OC(=O)OC(C)(C)C)c3C)cc2n1. The van der Waals surface area contributed by atoms with E-state index in [1.807, 2.05) is 32.2 Å². The topological polar surface area (TPSA) is 112 Å². The highest BCUT2D eigenvalue weighted by Crippen LogP contribution is 2.28. The maximum absolute atomic E-state index is 12.0. The zero-order valence-corrected chi connectivity index (χ0v) is 17.9. The lowest BCUT2D eigenvalue weighted by Gasteiger charge is -2.18. The summed E-state index contributed by atoms with van der Waals surface area (Å²) in [4.78, 5) is 34.5. The summed E-state index contributed by atoms with van der Waals surface area (Å²) in [5, 5.41) is 9.65. The van der Waals surface area contributed by atoms with Crippen molar-refractivity contribution in [3.05, 3.63) is 35.9 Å². The van der Waals surface area contributed by atoms with Crippen LogP contribution in [0.3, 0.4) is 0 Å². The van der Waals surface area contributed by atoms with E-state index in [1.165, 1.54) is 0 Å². The van der Waals surface area contributed by atoms with E-state index in [-0.39, 0.29) is 6.03 Å². The summed E-state index contributed by atoms with van der Waals surface area (Å²) in [6.45, 7) is 11.3. The number of urea groups is 1. The number of pyridine rings is 1. The molecule has 0 bridgehead atoms. The number of hydrogen-bond acceptors (Lipinski definition) is 6. The number of nitrogens with zero attached hydrogens (tertiary/aromatic N) is 4. The molecule has 0 aliphatic heterocycles. The third kappa shape index (κ3) is 4.70. The Morgan fingerprint density at radius 2 is 1.97 bits per heavy atom. The Labute approximate surface area is 174 Å². The van der Waals surface area contributed by atoms with Crippen molar-refractivity contribution in [2.45, 2.75) is 47.1 Å². The van der Waals surface area contributed by atoms with Crippen LogP contribution in [0.15, 0.2) is 24.5 Å². The van der Waals surface area contributed by atoms with Crippen molar-refractivity contribution in [2.24, 2.45) is 0 Å². The lowest BCUT2D eigenvalue weighted by Crippen LogP contribution is -2.30. The molecule has 3 aromatic rings. The zero-order valence-electron chi connectivity index (χ0n) is 17.9. The molecular formula is C20H26N6O4. The molecule has 0 radical (unpaired) electrons. The number of anilines is 1. The Hall–Kier alpha value is -3.56. The van der Waals surface area contributed by atoms with Gasteiger partial charge < -0.3 is 14.5 Å². The van der Waals surface area contributed by atoms with Gasteiger partial charge in [0.1, 0.15) is 11.2 Å². The van der Waals surface area contributed by atoms with Crippen molar-refractivity contribution in [3.8, 4) is 11.1 Å². The van der Waals surface area contributed by atoms with Gasteiger partial charge >= 0.3 is 12.2 Å². The van der Waals surface area contributed by atoms with E-state index in [9.17, 15) is 9.59 Å². The second-order valence-electron chi connectivity index (χ2n) is 7.77. The molecule has 0 unspecified atom stereocenters. The lowest BCUT2D eigenvalue weighted by molar-refractivity contribution is -0.0183. The molecule has 0 saturated carbocycles. The molecule has 2 N–H and O–H groups in total. The van der Waals surface area contributed by atoms with E-state index in [2.05, 4.69) is 20.7 Å². The smallest absolute Gasteiger partial charge is 0.427 e. The maximum Gasteiger partial charge on any atom is 0.535 e. The predicted molar refractivity (Wildman–Crippen MR) is 111 cm³/mol. The van der Waals surface area contributed by atoms with Crippen molar-refractivity contribution in [3.63, 3.8) is 0 Å². The van der Waals surface area contributed by atoms with Crippen LogP contribution in [0.5, 0.6) is 0 Å². The van der Waals surface area contributed by atoms with Crippen LogP contribution < -0.4 is 15.5 Å². The maximum atomic E-state index is 12.0. The van der Waals surface area contributed by atoms with Crippen LogP contribution in [0.25, 0.3) is 16.8 Å². The number of fused-ring (bicyclic) bond motifs is 1. The van der Waals surface area contributed by atoms with Crippen LogP contribution >= 0.6 is 0 Å². The highest BCUT2D eigenvalue weighted by atomic mass is 16.8. The fraction of sp³-hybridized carbons (Fsp3) is 0.400. The molecule has 10 nitrogen and oxygen atoms in total. The van der Waals surface area contributed by atoms with Crippen LogP contribution in [0.4, 0.5) is 15.4 Å². The lowest BCUT2D eigenvalue weighted by atomic mass is 10.1. The number of nitrogens with one attached hydrogen (secondary N) is 2. The summed E-state index contributed by atoms with van der Waals surface area (Å²) in [6.07, 6.45) is 2.73. The standard InChI is InChI=1S/C20H26N6O4/c1-7-21-18(27)23-15-11-25-9-8-14(10-16(25)22-15)17-12(2)24-26(13(17)3)30-19(28)29-20(4,5)6/h8-11H,7H2,1-6H3,(H2,21,23,27). The Bertz CT molecular complexity index is 1090. The number of aryl methyl sites for hydroxylation is 1. The van der Waals surface area contributed by atoms with Crippen molar-refractivity contribution in [1.29, 1.82) is 0 Å². The molecule has 0 aliphatic rings. The minimum atomic E-state index is -0.829. The summed E-state index contributed by atoms with van der Waals surface area (Å²) in [5.41, 5.74) is 3.00. The number of imidazole rings is 1. The highest BCUT2D eigenvalue weighted by molar-refractivity contribution is 5.88. The van der Waals surface area contributed by atoms with E-state index in [0.717, 1.165) is 16.0 Å². The van der Waals surface area contributed by atoms with Crippen LogP contribution in [0.1, 0.15) is 39.1 Å². The highest BCUT2D eigenvalue weighted by Gasteiger charge is 2.22. The number of ether oxygens (including phenoxy) is 1. The van der Waals surface area contributed by atoms with E-state index in [4.69, 9.17) is 9.57 Å². The van der Waals surface area contributed by atoms with Gasteiger partial charge in [-0.1, -0.05) is 4.85 Å². The molecule has 0 fully saturated rings.